The van der Waals surface area contributed by atoms with Gasteiger partial charge in [-0.05, 0) is 18.9 Å². The number of carboxylic acid groups (broad SMARTS) is 2. The van der Waals surface area contributed by atoms with E-state index < -0.39 is 53.6 Å². The summed E-state index contributed by atoms with van der Waals surface area (Å²) in [4.78, 5) is 31.9. The first kappa shape index (κ1) is 22.3. The number of hydrogen-bond donors (Lipinski definition) is 4. The zero-order valence-electron chi connectivity index (χ0n) is 14.1. The van der Waals surface area contributed by atoms with Crippen molar-refractivity contribution in [2.45, 2.75) is 31.3 Å². The molecule has 0 amide bonds. The summed E-state index contributed by atoms with van der Waals surface area (Å²) in [6, 6.07) is 8.22. The van der Waals surface area contributed by atoms with Gasteiger partial charge in [-0.1, -0.05) is 30.3 Å². The predicted molar refractivity (Wildman–Crippen MR) is 94.4 cm³/mol. The minimum Gasteiger partial charge on any atom is -0.481 e. The Morgan fingerprint density at radius 3 is 2.27 bits per heavy atom. The summed E-state index contributed by atoms with van der Waals surface area (Å²) >= 11 is 0. The maximum absolute atomic E-state index is 12.4. The second kappa shape index (κ2) is 9.27. The van der Waals surface area contributed by atoms with Crippen LogP contribution in [-0.4, -0.2) is 47.4 Å². The molecule has 146 valence electrons. The average Bonchev–Trinajstić information content (AvgIpc) is 2.50. The van der Waals surface area contributed by atoms with Gasteiger partial charge in [0, 0.05) is 12.6 Å². The van der Waals surface area contributed by atoms with Crippen molar-refractivity contribution in [2.24, 2.45) is 5.92 Å². The Balaban J connectivity index is 2.78. The zero-order chi connectivity index (χ0) is 20.0. The molecule has 0 saturated carbocycles. The third kappa shape index (κ3) is 7.65. The number of carboxylic acids is 2. The molecule has 0 aliphatic rings. The highest BCUT2D eigenvalue weighted by Crippen LogP contribution is 2.47. The number of carbonyl (C=O) groups is 2. The van der Waals surface area contributed by atoms with Crippen LogP contribution in [0.25, 0.3) is 0 Å². The fourth-order valence-corrected chi connectivity index (χ4v) is 5.90. The molecule has 1 aromatic carbocycles. The molecule has 9 nitrogen and oxygen atoms in total. The van der Waals surface area contributed by atoms with Gasteiger partial charge in [-0.25, -0.2) is 13.1 Å². The van der Waals surface area contributed by atoms with Crippen molar-refractivity contribution >= 4 is 29.3 Å². The quantitative estimate of drug-likeness (QED) is 0.399. The normalized spacial score (nSPS) is 16.4. The number of aliphatic carboxylic acids is 2. The summed E-state index contributed by atoms with van der Waals surface area (Å²) in [7, 11) is -8.14. The molecule has 3 unspecified atom stereocenters. The molecule has 0 spiro atoms. The van der Waals surface area contributed by atoms with E-state index in [-0.39, 0.29) is 12.2 Å². The minimum absolute atomic E-state index is 0.321. The van der Waals surface area contributed by atoms with Gasteiger partial charge < -0.3 is 15.1 Å². The summed E-state index contributed by atoms with van der Waals surface area (Å²) < 4.78 is 38.8. The number of rotatable bonds is 11. The van der Waals surface area contributed by atoms with Crippen LogP contribution < -0.4 is 4.72 Å². The standard InChI is InChI=1S/C15H22NO8PS/c1-11(16-26(23,24)10-12-5-3-2-4-6-12)25(21,22)9-13(15(19)20)7-8-14(17)18/h2-6,11,13,16H,7-10H2,1H3,(H,17,18)(H,19,20)(H,21,22). The molecule has 1 aromatic rings. The lowest BCUT2D eigenvalue weighted by molar-refractivity contribution is -0.142. The average molecular weight is 407 g/mol. The van der Waals surface area contributed by atoms with E-state index in [1.54, 1.807) is 30.3 Å². The molecule has 0 heterocycles. The SMILES string of the molecule is CC(NS(=O)(=O)Cc1ccccc1)P(=O)(O)CC(CCC(=O)O)C(=O)O. The Morgan fingerprint density at radius 2 is 1.77 bits per heavy atom. The monoisotopic (exact) mass is 407 g/mol. The lowest BCUT2D eigenvalue weighted by Crippen LogP contribution is -2.35. The maximum atomic E-state index is 12.4. The van der Waals surface area contributed by atoms with E-state index in [0.717, 1.165) is 0 Å². The minimum atomic E-state index is -4.22. The summed E-state index contributed by atoms with van der Waals surface area (Å²) in [6.45, 7) is 1.18. The molecule has 0 aliphatic heterocycles. The van der Waals surface area contributed by atoms with Crippen LogP contribution in [0.5, 0.6) is 0 Å². The third-order valence-corrected chi connectivity index (χ3v) is 7.60. The van der Waals surface area contributed by atoms with E-state index >= 15 is 0 Å². The number of nitrogens with one attached hydrogen (secondary N) is 1. The van der Waals surface area contributed by atoms with Crippen molar-refractivity contribution in [1.82, 2.24) is 4.72 Å². The van der Waals surface area contributed by atoms with Gasteiger partial charge >= 0.3 is 11.9 Å². The lowest BCUT2D eigenvalue weighted by atomic mass is 10.1. The fraction of sp³-hybridized carbons (Fsp3) is 0.467. The van der Waals surface area contributed by atoms with Gasteiger partial charge in [-0.2, -0.15) is 0 Å². The van der Waals surface area contributed by atoms with E-state index in [2.05, 4.69) is 4.72 Å². The molecule has 0 fully saturated rings. The maximum Gasteiger partial charge on any atom is 0.307 e. The molecular weight excluding hydrogens is 385 g/mol. The summed E-state index contributed by atoms with van der Waals surface area (Å²) in [5.41, 5.74) is 0.491. The van der Waals surface area contributed by atoms with Crippen molar-refractivity contribution in [2.75, 3.05) is 6.16 Å². The first-order chi connectivity index (χ1) is 11.9. The Kier molecular flexibility index (Phi) is 7.95. The van der Waals surface area contributed by atoms with E-state index in [4.69, 9.17) is 10.2 Å². The van der Waals surface area contributed by atoms with Gasteiger partial charge in [-0.15, -0.1) is 0 Å². The van der Waals surface area contributed by atoms with Gasteiger partial charge in [0.05, 0.1) is 17.5 Å². The molecule has 0 aromatic heterocycles. The second-order valence-electron chi connectivity index (χ2n) is 5.94. The topological polar surface area (TPSA) is 158 Å². The molecule has 4 N–H and O–H groups in total. The number of sulfonamides is 1. The van der Waals surface area contributed by atoms with Crippen molar-refractivity contribution in [3.05, 3.63) is 35.9 Å². The largest absolute Gasteiger partial charge is 0.481 e. The molecule has 0 radical (unpaired) electrons. The van der Waals surface area contributed by atoms with Crippen molar-refractivity contribution < 1.29 is 37.7 Å². The number of hydrogen-bond acceptors (Lipinski definition) is 5. The molecule has 1 rings (SSSR count). The van der Waals surface area contributed by atoms with E-state index in [0.29, 0.717) is 5.56 Å². The van der Waals surface area contributed by atoms with Gasteiger partial charge in [0.2, 0.25) is 17.4 Å². The fourth-order valence-electron chi connectivity index (χ4n) is 2.24. The molecule has 26 heavy (non-hydrogen) atoms. The highest BCUT2D eigenvalue weighted by Gasteiger charge is 2.35. The summed E-state index contributed by atoms with van der Waals surface area (Å²) in [5, 5.41) is 17.7. The molecular formula is C15H22NO8PS. The number of benzene rings is 1. The van der Waals surface area contributed by atoms with Crippen LogP contribution in [0.1, 0.15) is 25.3 Å². The van der Waals surface area contributed by atoms with Crippen LogP contribution in [0.4, 0.5) is 0 Å². The highest BCUT2D eigenvalue weighted by atomic mass is 32.2. The van der Waals surface area contributed by atoms with Crippen LogP contribution in [0.2, 0.25) is 0 Å². The molecule has 0 bridgehead atoms. The van der Waals surface area contributed by atoms with Gasteiger partial charge in [0.15, 0.2) is 0 Å². The lowest BCUT2D eigenvalue weighted by Gasteiger charge is -2.23. The van der Waals surface area contributed by atoms with Crippen LogP contribution in [0.3, 0.4) is 0 Å². The smallest absolute Gasteiger partial charge is 0.307 e. The van der Waals surface area contributed by atoms with Crippen LogP contribution in [0.15, 0.2) is 30.3 Å². The van der Waals surface area contributed by atoms with Crippen molar-refractivity contribution in [3.8, 4) is 0 Å². The van der Waals surface area contributed by atoms with Crippen LogP contribution in [-0.2, 0) is 29.9 Å². The Labute approximate surface area is 151 Å². The Hall–Kier alpha value is -1.74. The second-order valence-corrected chi connectivity index (χ2v) is 10.3. The highest BCUT2D eigenvalue weighted by molar-refractivity contribution is 7.89. The molecule has 0 saturated heterocycles. The Morgan fingerprint density at radius 1 is 1.19 bits per heavy atom. The van der Waals surface area contributed by atoms with Gasteiger partial charge in [0.25, 0.3) is 0 Å². The summed E-state index contributed by atoms with van der Waals surface area (Å²) in [6.07, 6.45) is -1.51. The van der Waals surface area contributed by atoms with E-state index in [1.165, 1.54) is 6.92 Å². The van der Waals surface area contributed by atoms with Crippen molar-refractivity contribution in [3.63, 3.8) is 0 Å². The first-order valence-electron chi connectivity index (χ1n) is 7.73. The van der Waals surface area contributed by atoms with E-state index in [1.807, 2.05) is 0 Å². The van der Waals surface area contributed by atoms with Gasteiger partial charge in [0.1, 0.15) is 0 Å². The van der Waals surface area contributed by atoms with Crippen molar-refractivity contribution in [1.29, 1.82) is 0 Å². The third-order valence-electron chi connectivity index (χ3n) is 3.69. The Bertz CT molecular complexity index is 780. The molecule has 11 heteroatoms. The van der Waals surface area contributed by atoms with Gasteiger partial charge in [-0.3, -0.25) is 14.2 Å². The first-order valence-corrected chi connectivity index (χ1v) is 11.3. The summed E-state index contributed by atoms with van der Waals surface area (Å²) in [5.74, 6) is -5.77. The van der Waals surface area contributed by atoms with Crippen LogP contribution >= 0.6 is 7.37 Å². The molecule has 3 atom stereocenters. The van der Waals surface area contributed by atoms with Crippen LogP contribution in [0, 0.1) is 5.92 Å². The zero-order valence-corrected chi connectivity index (χ0v) is 15.8. The molecule has 0 aliphatic carbocycles. The van der Waals surface area contributed by atoms with E-state index in [9.17, 15) is 27.5 Å². The predicted octanol–water partition coefficient (Wildman–Crippen LogP) is 1.29.